The van der Waals surface area contributed by atoms with Crippen LogP contribution >= 0.6 is 0 Å². The van der Waals surface area contributed by atoms with E-state index in [1.165, 1.54) is 22.3 Å². The number of hydrogen-bond donors (Lipinski definition) is 0. The maximum absolute atomic E-state index is 12.7. The van der Waals surface area contributed by atoms with E-state index in [9.17, 15) is 4.79 Å². The number of Topliss-reactive ketones (excluding diaryl/α,β-unsaturated/α-hetero) is 1. The molecule has 128 valence electrons. The van der Waals surface area contributed by atoms with Crippen molar-refractivity contribution in [1.29, 1.82) is 0 Å². The zero-order valence-electron chi connectivity index (χ0n) is 14.5. The summed E-state index contributed by atoms with van der Waals surface area (Å²) >= 11 is 0. The molecule has 0 N–H and O–H groups in total. The third kappa shape index (κ3) is 2.37. The van der Waals surface area contributed by atoms with E-state index in [1.807, 2.05) is 12.1 Å². The van der Waals surface area contributed by atoms with Gasteiger partial charge in [0.2, 0.25) is 0 Å². The van der Waals surface area contributed by atoms with Gasteiger partial charge < -0.3 is 4.74 Å². The molecule has 0 fully saturated rings. The first kappa shape index (κ1) is 15.4. The highest BCUT2D eigenvalue weighted by molar-refractivity contribution is 6.00. The van der Waals surface area contributed by atoms with Crippen LogP contribution in [-0.4, -0.2) is 11.9 Å². The van der Waals surface area contributed by atoms with E-state index < -0.39 is 0 Å². The van der Waals surface area contributed by atoms with Gasteiger partial charge in [0, 0.05) is 18.4 Å². The van der Waals surface area contributed by atoms with Crippen molar-refractivity contribution in [3.63, 3.8) is 0 Å². The van der Waals surface area contributed by atoms with E-state index in [0.29, 0.717) is 6.42 Å². The first-order valence-corrected chi connectivity index (χ1v) is 9.29. The molecule has 2 atom stereocenters. The quantitative estimate of drug-likeness (QED) is 0.762. The first-order valence-electron chi connectivity index (χ1n) is 9.29. The predicted molar refractivity (Wildman–Crippen MR) is 102 cm³/mol. The van der Waals surface area contributed by atoms with Crippen molar-refractivity contribution in [3.8, 4) is 0 Å². The van der Waals surface area contributed by atoms with Crippen molar-refractivity contribution >= 4 is 11.4 Å². The zero-order chi connectivity index (χ0) is 17.5. The fraction of sp³-hybridized carbons (Fsp3) is 0.208. The van der Waals surface area contributed by atoms with Crippen LogP contribution in [0, 0.1) is 5.92 Å². The molecule has 0 spiro atoms. The number of ketones is 1. The van der Waals surface area contributed by atoms with Gasteiger partial charge in [0.25, 0.3) is 0 Å². The van der Waals surface area contributed by atoms with Crippen molar-refractivity contribution in [2.45, 2.75) is 25.4 Å². The molecule has 1 heterocycles. The van der Waals surface area contributed by atoms with Gasteiger partial charge in [0.05, 0.1) is 5.92 Å². The molecule has 2 aromatic rings. The molecular formula is C24H20O2. The number of carbonyl (C=O) groups is 1. The number of hydrogen-bond acceptors (Lipinski definition) is 2. The van der Waals surface area contributed by atoms with Crippen LogP contribution in [-0.2, 0) is 9.53 Å². The van der Waals surface area contributed by atoms with Gasteiger partial charge in [-0.3, -0.25) is 4.79 Å². The van der Waals surface area contributed by atoms with Gasteiger partial charge in [0.15, 0.2) is 5.78 Å². The van der Waals surface area contributed by atoms with Crippen LogP contribution in [0.2, 0.25) is 0 Å². The van der Waals surface area contributed by atoms with Crippen molar-refractivity contribution in [3.05, 3.63) is 101 Å². The Kier molecular flexibility index (Phi) is 3.63. The molecule has 0 aromatic heterocycles. The van der Waals surface area contributed by atoms with E-state index in [4.69, 9.17) is 4.74 Å². The molecule has 0 amide bonds. The van der Waals surface area contributed by atoms with E-state index in [1.54, 1.807) is 0 Å². The molecule has 1 aliphatic heterocycles. The SMILES string of the molecule is O=C1CCCC2=C1[C@@H]1C(=C(c3ccccc3)c3ccccc3)C=C[C@@H]1O2. The third-order valence-corrected chi connectivity index (χ3v) is 5.54. The standard InChI is InChI=1S/C24H20O2/c25-19-12-7-13-20-24(19)23-18(14-15-21(23)26-20)22(16-8-3-1-4-9-16)17-10-5-2-6-11-17/h1-6,8-11,14-15,21,23H,7,12-13H2/t21-,23+/m0/s1. The molecule has 0 unspecified atom stereocenters. The summed E-state index contributed by atoms with van der Waals surface area (Å²) in [6.45, 7) is 0. The molecule has 0 radical (unpaired) electrons. The summed E-state index contributed by atoms with van der Waals surface area (Å²) in [5.41, 5.74) is 5.68. The van der Waals surface area contributed by atoms with Gasteiger partial charge in [-0.2, -0.15) is 0 Å². The van der Waals surface area contributed by atoms with Crippen molar-refractivity contribution < 1.29 is 9.53 Å². The third-order valence-electron chi connectivity index (χ3n) is 5.54. The van der Waals surface area contributed by atoms with Crippen LogP contribution in [0.3, 0.4) is 0 Å². The monoisotopic (exact) mass is 340 g/mol. The van der Waals surface area contributed by atoms with Gasteiger partial charge in [0.1, 0.15) is 11.9 Å². The number of fused-ring (bicyclic) bond motifs is 2. The Hall–Kier alpha value is -2.87. The van der Waals surface area contributed by atoms with E-state index in [0.717, 1.165) is 24.2 Å². The maximum atomic E-state index is 12.7. The molecule has 0 saturated carbocycles. The molecule has 2 heteroatoms. The van der Waals surface area contributed by atoms with E-state index in [-0.39, 0.29) is 17.8 Å². The fourth-order valence-corrected chi connectivity index (χ4v) is 4.43. The lowest BCUT2D eigenvalue weighted by Gasteiger charge is -2.20. The Balaban J connectivity index is 1.72. The fourth-order valence-electron chi connectivity index (χ4n) is 4.43. The molecule has 2 nitrogen and oxygen atoms in total. The zero-order valence-corrected chi connectivity index (χ0v) is 14.5. The number of carbonyl (C=O) groups excluding carboxylic acids is 1. The van der Waals surface area contributed by atoms with Crippen LogP contribution in [0.1, 0.15) is 30.4 Å². The number of benzene rings is 2. The second-order valence-corrected chi connectivity index (χ2v) is 7.10. The maximum Gasteiger partial charge on any atom is 0.163 e. The second-order valence-electron chi connectivity index (χ2n) is 7.10. The van der Waals surface area contributed by atoms with E-state index in [2.05, 4.69) is 60.7 Å². The highest BCUT2D eigenvalue weighted by atomic mass is 16.5. The van der Waals surface area contributed by atoms with Crippen LogP contribution in [0.25, 0.3) is 5.57 Å². The highest BCUT2D eigenvalue weighted by Crippen LogP contribution is 2.48. The normalized spacial score (nSPS) is 23.7. The van der Waals surface area contributed by atoms with Gasteiger partial charge >= 0.3 is 0 Å². The Morgan fingerprint density at radius 2 is 1.54 bits per heavy atom. The van der Waals surface area contributed by atoms with Crippen LogP contribution in [0.15, 0.2) is 89.7 Å². The Morgan fingerprint density at radius 3 is 2.19 bits per heavy atom. The van der Waals surface area contributed by atoms with Crippen molar-refractivity contribution in [1.82, 2.24) is 0 Å². The van der Waals surface area contributed by atoms with Gasteiger partial charge in [-0.1, -0.05) is 66.7 Å². The topological polar surface area (TPSA) is 26.3 Å². The van der Waals surface area contributed by atoms with Crippen LogP contribution < -0.4 is 0 Å². The number of allylic oxidation sites excluding steroid dienone is 2. The number of ether oxygens (including phenoxy) is 1. The van der Waals surface area contributed by atoms with Gasteiger partial charge in [-0.05, 0) is 34.8 Å². The highest BCUT2D eigenvalue weighted by Gasteiger charge is 2.45. The first-order chi connectivity index (χ1) is 12.8. The average Bonchev–Trinajstić information content (AvgIpc) is 3.24. The Morgan fingerprint density at radius 1 is 0.885 bits per heavy atom. The second kappa shape index (κ2) is 6.14. The largest absolute Gasteiger partial charge is 0.489 e. The minimum Gasteiger partial charge on any atom is -0.489 e. The average molecular weight is 340 g/mol. The predicted octanol–water partition coefficient (Wildman–Crippen LogP) is 5.08. The smallest absolute Gasteiger partial charge is 0.163 e. The number of rotatable bonds is 2. The lowest BCUT2D eigenvalue weighted by molar-refractivity contribution is -0.116. The molecular weight excluding hydrogens is 320 g/mol. The van der Waals surface area contributed by atoms with Crippen molar-refractivity contribution in [2.75, 3.05) is 0 Å². The summed E-state index contributed by atoms with van der Waals surface area (Å²) in [5, 5.41) is 0. The van der Waals surface area contributed by atoms with Crippen LogP contribution in [0.5, 0.6) is 0 Å². The Bertz CT molecular complexity index is 907. The molecule has 0 bridgehead atoms. The Labute approximate surface area is 153 Å². The molecule has 2 aliphatic carbocycles. The lowest BCUT2D eigenvalue weighted by Crippen LogP contribution is -2.19. The summed E-state index contributed by atoms with van der Waals surface area (Å²) in [7, 11) is 0. The van der Waals surface area contributed by atoms with Gasteiger partial charge in [-0.25, -0.2) is 0 Å². The summed E-state index contributed by atoms with van der Waals surface area (Å²) in [6.07, 6.45) is 6.70. The minimum absolute atomic E-state index is 0.0283. The molecule has 2 aromatic carbocycles. The van der Waals surface area contributed by atoms with E-state index >= 15 is 0 Å². The van der Waals surface area contributed by atoms with Crippen LogP contribution in [0.4, 0.5) is 0 Å². The molecule has 5 rings (SSSR count). The summed E-state index contributed by atoms with van der Waals surface area (Å²) in [5.74, 6) is 1.23. The lowest BCUT2D eigenvalue weighted by atomic mass is 9.80. The molecule has 26 heavy (non-hydrogen) atoms. The summed E-state index contributed by atoms with van der Waals surface area (Å²) < 4.78 is 6.15. The summed E-state index contributed by atoms with van der Waals surface area (Å²) in [6, 6.07) is 20.9. The molecule has 3 aliphatic rings. The molecule has 0 saturated heterocycles. The minimum atomic E-state index is -0.0283. The van der Waals surface area contributed by atoms with Crippen molar-refractivity contribution in [2.24, 2.45) is 5.92 Å². The van der Waals surface area contributed by atoms with Gasteiger partial charge in [-0.15, -0.1) is 0 Å². The summed E-state index contributed by atoms with van der Waals surface area (Å²) in [4.78, 5) is 12.7.